The van der Waals surface area contributed by atoms with Crippen molar-refractivity contribution in [3.63, 3.8) is 0 Å². The van der Waals surface area contributed by atoms with E-state index in [1.165, 1.54) is 12.1 Å². The zero-order chi connectivity index (χ0) is 15.4. The first-order valence-corrected chi connectivity index (χ1v) is 7.10. The molecule has 1 aromatic carbocycles. The molecule has 0 radical (unpaired) electrons. The largest absolute Gasteiger partial charge is 0.369 e. The van der Waals surface area contributed by atoms with Crippen molar-refractivity contribution in [1.82, 2.24) is 4.90 Å². The fraction of sp³-hybridized carbons (Fsp3) is 0.429. The number of likely N-dealkylation sites (tertiary alicyclic amines) is 1. The summed E-state index contributed by atoms with van der Waals surface area (Å²) in [4.78, 5) is 25.0. The Morgan fingerprint density at radius 1 is 1.48 bits per heavy atom. The number of rotatable bonds is 4. The van der Waals surface area contributed by atoms with Crippen molar-refractivity contribution in [3.8, 4) is 0 Å². The smallest absolute Gasteiger partial charge is 0.238 e. The maximum absolute atomic E-state index is 13.6. The van der Waals surface area contributed by atoms with Crippen molar-refractivity contribution in [2.75, 3.05) is 25.0 Å². The molecule has 0 bridgehead atoms. The summed E-state index contributed by atoms with van der Waals surface area (Å²) in [5, 5.41) is 2.77. The van der Waals surface area contributed by atoms with Gasteiger partial charge in [-0.2, -0.15) is 0 Å². The molecule has 2 amide bonds. The van der Waals surface area contributed by atoms with E-state index >= 15 is 0 Å². The molecule has 21 heavy (non-hydrogen) atoms. The van der Waals surface area contributed by atoms with Crippen LogP contribution in [0.1, 0.15) is 12.8 Å². The van der Waals surface area contributed by atoms with Gasteiger partial charge in [-0.1, -0.05) is 11.6 Å². The molecule has 0 aromatic heterocycles. The van der Waals surface area contributed by atoms with Crippen molar-refractivity contribution in [1.29, 1.82) is 0 Å². The molecule has 0 unspecified atom stereocenters. The van der Waals surface area contributed by atoms with E-state index in [9.17, 15) is 14.0 Å². The van der Waals surface area contributed by atoms with Crippen LogP contribution in [0.5, 0.6) is 0 Å². The van der Waals surface area contributed by atoms with Crippen molar-refractivity contribution in [2.24, 2.45) is 11.7 Å². The Hall–Kier alpha value is -1.66. The van der Waals surface area contributed by atoms with Gasteiger partial charge in [-0.3, -0.25) is 14.5 Å². The van der Waals surface area contributed by atoms with E-state index in [-0.39, 0.29) is 35.0 Å². The van der Waals surface area contributed by atoms with Gasteiger partial charge in [-0.15, -0.1) is 0 Å². The first-order chi connectivity index (χ1) is 9.95. The number of halogens is 2. The quantitative estimate of drug-likeness (QED) is 0.887. The van der Waals surface area contributed by atoms with Gasteiger partial charge in [-0.05, 0) is 37.6 Å². The molecule has 1 saturated heterocycles. The van der Waals surface area contributed by atoms with E-state index in [0.717, 1.165) is 25.5 Å². The van der Waals surface area contributed by atoms with E-state index in [4.69, 9.17) is 17.3 Å². The van der Waals surface area contributed by atoms with Crippen LogP contribution in [0.2, 0.25) is 5.02 Å². The van der Waals surface area contributed by atoms with Gasteiger partial charge in [0, 0.05) is 11.6 Å². The van der Waals surface area contributed by atoms with E-state index in [1.54, 1.807) is 0 Å². The third-order valence-corrected chi connectivity index (χ3v) is 3.72. The maximum atomic E-state index is 13.6. The highest BCUT2D eigenvalue weighted by atomic mass is 35.5. The van der Waals surface area contributed by atoms with E-state index in [1.807, 2.05) is 4.90 Å². The maximum Gasteiger partial charge on any atom is 0.238 e. The molecule has 1 aromatic rings. The number of nitrogens with two attached hydrogens (primary N) is 1. The van der Waals surface area contributed by atoms with Crippen LogP contribution in [0.15, 0.2) is 18.2 Å². The number of nitrogens with one attached hydrogen (secondary N) is 1. The standard InChI is InChI=1S/C14H17ClFN3O2/c15-10-3-4-12(11(16)6-10)18-13(20)8-19-5-1-2-9(7-19)14(17)21/h3-4,6,9H,1-2,5,7-8H2,(H2,17,21)(H,18,20)/t9-/m0/s1. The van der Waals surface area contributed by atoms with Gasteiger partial charge >= 0.3 is 0 Å². The molecule has 1 atom stereocenters. The van der Waals surface area contributed by atoms with Gasteiger partial charge in [-0.25, -0.2) is 4.39 Å². The molecule has 1 aliphatic rings. The van der Waals surface area contributed by atoms with Crippen LogP contribution in [-0.2, 0) is 9.59 Å². The first kappa shape index (κ1) is 15.7. The van der Waals surface area contributed by atoms with Gasteiger partial charge in [0.15, 0.2) is 0 Å². The molecular formula is C14H17ClFN3O2. The highest BCUT2D eigenvalue weighted by Crippen LogP contribution is 2.19. The summed E-state index contributed by atoms with van der Waals surface area (Å²) in [5.41, 5.74) is 5.38. The summed E-state index contributed by atoms with van der Waals surface area (Å²) < 4.78 is 13.6. The third kappa shape index (κ3) is 4.41. The van der Waals surface area contributed by atoms with Crippen LogP contribution in [0.4, 0.5) is 10.1 Å². The summed E-state index contributed by atoms with van der Waals surface area (Å²) >= 11 is 5.65. The lowest BCUT2D eigenvalue weighted by Gasteiger charge is -2.30. The Balaban J connectivity index is 1.91. The molecule has 1 aliphatic heterocycles. The minimum absolute atomic E-state index is 0.0906. The average molecular weight is 314 g/mol. The second kappa shape index (κ2) is 6.87. The summed E-state index contributed by atoms with van der Waals surface area (Å²) in [5.74, 6) is -1.48. The van der Waals surface area contributed by atoms with Crippen molar-refractivity contribution >= 4 is 29.1 Å². The summed E-state index contributed by atoms with van der Waals surface area (Å²) in [6, 6.07) is 4.06. The van der Waals surface area contributed by atoms with E-state index < -0.39 is 5.82 Å². The lowest BCUT2D eigenvalue weighted by Crippen LogP contribution is -2.44. The zero-order valence-corrected chi connectivity index (χ0v) is 12.2. The Morgan fingerprint density at radius 2 is 2.24 bits per heavy atom. The summed E-state index contributed by atoms with van der Waals surface area (Å²) in [6.45, 7) is 1.29. The highest BCUT2D eigenvalue weighted by molar-refractivity contribution is 6.30. The van der Waals surface area contributed by atoms with Crippen LogP contribution in [0.3, 0.4) is 0 Å². The number of primary amides is 1. The molecule has 3 N–H and O–H groups in total. The van der Waals surface area contributed by atoms with Gasteiger partial charge in [0.2, 0.25) is 11.8 Å². The number of hydrogen-bond donors (Lipinski definition) is 2. The molecule has 0 aliphatic carbocycles. The van der Waals surface area contributed by atoms with Crippen LogP contribution < -0.4 is 11.1 Å². The Bertz CT molecular complexity index is 553. The van der Waals surface area contributed by atoms with E-state index in [0.29, 0.717) is 6.54 Å². The summed E-state index contributed by atoms with van der Waals surface area (Å²) in [7, 11) is 0. The van der Waals surface area contributed by atoms with Gasteiger partial charge < -0.3 is 11.1 Å². The van der Waals surface area contributed by atoms with Gasteiger partial charge in [0.1, 0.15) is 5.82 Å². The van der Waals surface area contributed by atoms with E-state index in [2.05, 4.69) is 5.32 Å². The molecule has 7 heteroatoms. The van der Waals surface area contributed by atoms with Gasteiger partial charge in [0.25, 0.3) is 0 Å². The second-order valence-electron chi connectivity index (χ2n) is 5.15. The number of hydrogen-bond acceptors (Lipinski definition) is 3. The molecule has 5 nitrogen and oxygen atoms in total. The monoisotopic (exact) mass is 313 g/mol. The minimum atomic E-state index is -0.579. The third-order valence-electron chi connectivity index (χ3n) is 3.48. The minimum Gasteiger partial charge on any atom is -0.369 e. The van der Waals surface area contributed by atoms with Crippen LogP contribution in [-0.4, -0.2) is 36.3 Å². The normalized spacial score (nSPS) is 19.2. The van der Waals surface area contributed by atoms with Crippen molar-refractivity contribution in [2.45, 2.75) is 12.8 Å². The number of piperidine rings is 1. The molecule has 1 heterocycles. The number of benzene rings is 1. The predicted molar refractivity (Wildman–Crippen MR) is 78.4 cm³/mol. The van der Waals surface area contributed by atoms with Crippen LogP contribution in [0.25, 0.3) is 0 Å². The second-order valence-corrected chi connectivity index (χ2v) is 5.59. The topological polar surface area (TPSA) is 75.4 Å². The number of carbonyl (C=O) groups excluding carboxylic acids is 2. The van der Waals surface area contributed by atoms with Crippen LogP contribution in [0, 0.1) is 11.7 Å². The van der Waals surface area contributed by atoms with Crippen molar-refractivity contribution in [3.05, 3.63) is 29.0 Å². The molecule has 114 valence electrons. The lowest BCUT2D eigenvalue weighted by atomic mass is 9.97. The average Bonchev–Trinajstić information content (AvgIpc) is 2.42. The van der Waals surface area contributed by atoms with Gasteiger partial charge in [0.05, 0.1) is 18.2 Å². The highest BCUT2D eigenvalue weighted by Gasteiger charge is 2.25. The zero-order valence-electron chi connectivity index (χ0n) is 11.4. The predicted octanol–water partition coefficient (Wildman–Crippen LogP) is 1.61. The van der Waals surface area contributed by atoms with Crippen molar-refractivity contribution < 1.29 is 14.0 Å². The Kier molecular flexibility index (Phi) is 5.14. The Labute approximate surface area is 127 Å². The fourth-order valence-corrected chi connectivity index (χ4v) is 2.57. The number of anilines is 1. The lowest BCUT2D eigenvalue weighted by molar-refractivity contribution is -0.125. The number of amides is 2. The molecular weight excluding hydrogens is 297 g/mol. The fourth-order valence-electron chi connectivity index (χ4n) is 2.42. The van der Waals surface area contributed by atoms with Crippen LogP contribution >= 0.6 is 11.6 Å². The molecule has 0 saturated carbocycles. The molecule has 1 fully saturated rings. The SMILES string of the molecule is NC(=O)[C@H]1CCCN(CC(=O)Nc2ccc(Cl)cc2F)C1. The number of carbonyl (C=O) groups is 2. The molecule has 0 spiro atoms. The summed E-state index contributed by atoms with van der Waals surface area (Å²) in [6.07, 6.45) is 1.56. The Morgan fingerprint density at radius 3 is 2.90 bits per heavy atom. The first-order valence-electron chi connectivity index (χ1n) is 6.72. The molecule has 2 rings (SSSR count). The number of nitrogens with zero attached hydrogens (tertiary/aromatic N) is 1.